The summed E-state index contributed by atoms with van der Waals surface area (Å²) in [6.45, 7) is 8.89. The minimum absolute atomic E-state index is 0.0658. The molecule has 0 radical (unpaired) electrons. The van der Waals surface area contributed by atoms with Crippen molar-refractivity contribution in [3.05, 3.63) is 0 Å². The van der Waals surface area contributed by atoms with Crippen LogP contribution in [-0.2, 0) is 28.6 Å². The second-order valence-corrected chi connectivity index (χ2v) is 15.9. The summed E-state index contributed by atoms with van der Waals surface area (Å²) in [4.78, 5) is 37.4. The highest BCUT2D eigenvalue weighted by Crippen LogP contribution is 2.17. The van der Waals surface area contributed by atoms with Crippen LogP contribution in [0.4, 0.5) is 0 Å². The van der Waals surface area contributed by atoms with Gasteiger partial charge in [-0.25, -0.2) is 0 Å². The molecule has 0 heterocycles. The number of carbonyl (C=O) groups is 3. The van der Waals surface area contributed by atoms with E-state index in [1.165, 1.54) is 141 Å². The Bertz CT molecular complexity index is 783. The molecule has 0 fully saturated rings. The molecule has 0 aliphatic rings. The molecule has 0 aliphatic heterocycles. The fourth-order valence-electron chi connectivity index (χ4n) is 6.77. The first-order valence-corrected chi connectivity index (χ1v) is 22.9. The summed E-state index contributed by atoms with van der Waals surface area (Å²) in [6, 6.07) is 0. The molecule has 0 N–H and O–H groups in total. The van der Waals surface area contributed by atoms with E-state index in [1.807, 2.05) is 0 Å². The number of esters is 3. The van der Waals surface area contributed by atoms with Crippen molar-refractivity contribution in [3.63, 3.8) is 0 Å². The van der Waals surface area contributed by atoms with Crippen molar-refractivity contribution < 1.29 is 28.6 Å². The van der Waals surface area contributed by atoms with Crippen LogP contribution < -0.4 is 0 Å². The van der Waals surface area contributed by atoms with Gasteiger partial charge in [0.05, 0.1) is 0 Å². The lowest BCUT2D eigenvalue weighted by atomic mass is 10.00. The summed E-state index contributed by atoms with van der Waals surface area (Å²) >= 11 is 0. The molecule has 52 heavy (non-hydrogen) atoms. The Hall–Kier alpha value is -1.59. The molecular formula is C46H88O6. The summed E-state index contributed by atoms with van der Waals surface area (Å²) in [7, 11) is 0. The molecule has 0 saturated heterocycles. The molecule has 0 bridgehead atoms. The van der Waals surface area contributed by atoms with Crippen LogP contribution in [0.5, 0.6) is 0 Å². The third-order valence-electron chi connectivity index (χ3n) is 10.7. The van der Waals surface area contributed by atoms with Gasteiger partial charge in [0.1, 0.15) is 13.2 Å². The van der Waals surface area contributed by atoms with Crippen molar-refractivity contribution in [1.29, 1.82) is 0 Å². The van der Waals surface area contributed by atoms with Crippen molar-refractivity contribution in [2.24, 2.45) is 5.92 Å². The molecular weight excluding hydrogens is 648 g/mol. The first-order valence-electron chi connectivity index (χ1n) is 22.9. The van der Waals surface area contributed by atoms with Crippen molar-refractivity contribution in [3.8, 4) is 0 Å². The van der Waals surface area contributed by atoms with Crippen LogP contribution in [0.2, 0.25) is 0 Å². The predicted molar refractivity (Wildman–Crippen MR) is 220 cm³/mol. The summed E-state index contributed by atoms with van der Waals surface area (Å²) in [5.74, 6) is -0.0624. The SMILES string of the molecule is CCCCCCCCCCCCCCCCCCCCCC(=O)OC[C@@H](COC(=O)CCCCCCC)OC(=O)CCCCCCCCC(C)CC. The van der Waals surface area contributed by atoms with Gasteiger partial charge in [-0.15, -0.1) is 0 Å². The Morgan fingerprint density at radius 1 is 0.385 bits per heavy atom. The lowest BCUT2D eigenvalue weighted by Gasteiger charge is -2.18. The maximum atomic E-state index is 12.6. The monoisotopic (exact) mass is 737 g/mol. The Labute approximate surface area is 323 Å². The van der Waals surface area contributed by atoms with E-state index in [-0.39, 0.29) is 31.1 Å². The van der Waals surface area contributed by atoms with Crippen molar-refractivity contribution in [1.82, 2.24) is 0 Å². The molecule has 0 saturated carbocycles. The molecule has 0 spiro atoms. The van der Waals surface area contributed by atoms with Gasteiger partial charge in [-0.2, -0.15) is 0 Å². The molecule has 6 nitrogen and oxygen atoms in total. The van der Waals surface area contributed by atoms with E-state index in [0.717, 1.165) is 70.1 Å². The minimum atomic E-state index is -0.758. The topological polar surface area (TPSA) is 78.9 Å². The van der Waals surface area contributed by atoms with Gasteiger partial charge in [0, 0.05) is 19.3 Å². The molecule has 2 atom stereocenters. The molecule has 6 heteroatoms. The van der Waals surface area contributed by atoms with Gasteiger partial charge in [-0.1, -0.05) is 214 Å². The lowest BCUT2D eigenvalue weighted by Crippen LogP contribution is -2.30. The van der Waals surface area contributed by atoms with Crippen LogP contribution in [0.1, 0.15) is 252 Å². The Kier molecular flexibility index (Phi) is 39.4. The van der Waals surface area contributed by atoms with Crippen LogP contribution in [-0.4, -0.2) is 37.2 Å². The number of carbonyl (C=O) groups excluding carboxylic acids is 3. The summed E-state index contributed by atoms with van der Waals surface area (Å²) in [5, 5.41) is 0. The highest BCUT2D eigenvalue weighted by molar-refractivity contribution is 5.71. The van der Waals surface area contributed by atoms with Crippen molar-refractivity contribution in [2.75, 3.05) is 13.2 Å². The molecule has 0 aromatic carbocycles. The van der Waals surface area contributed by atoms with Crippen LogP contribution in [0, 0.1) is 5.92 Å². The molecule has 0 aliphatic carbocycles. The number of hydrogen-bond donors (Lipinski definition) is 0. The fourth-order valence-corrected chi connectivity index (χ4v) is 6.77. The Morgan fingerprint density at radius 2 is 0.673 bits per heavy atom. The summed E-state index contributed by atoms with van der Waals surface area (Å²) in [5.41, 5.74) is 0. The van der Waals surface area contributed by atoms with Gasteiger partial charge in [-0.05, 0) is 25.2 Å². The fraction of sp³-hybridized carbons (Fsp3) is 0.935. The van der Waals surface area contributed by atoms with E-state index in [9.17, 15) is 14.4 Å². The van der Waals surface area contributed by atoms with Gasteiger partial charge in [0.15, 0.2) is 6.10 Å². The van der Waals surface area contributed by atoms with Crippen LogP contribution in [0.25, 0.3) is 0 Å². The quantitative estimate of drug-likeness (QED) is 0.0353. The molecule has 0 aromatic rings. The average Bonchev–Trinajstić information content (AvgIpc) is 3.14. The minimum Gasteiger partial charge on any atom is -0.462 e. The zero-order valence-corrected chi connectivity index (χ0v) is 35.3. The molecule has 1 unspecified atom stereocenters. The van der Waals surface area contributed by atoms with Gasteiger partial charge < -0.3 is 14.2 Å². The second kappa shape index (κ2) is 40.6. The Morgan fingerprint density at radius 3 is 1.00 bits per heavy atom. The van der Waals surface area contributed by atoms with E-state index < -0.39 is 6.10 Å². The lowest BCUT2D eigenvalue weighted by molar-refractivity contribution is -0.167. The molecule has 0 aromatic heterocycles. The van der Waals surface area contributed by atoms with Crippen LogP contribution >= 0.6 is 0 Å². The average molecular weight is 737 g/mol. The summed E-state index contributed by atoms with van der Waals surface area (Å²) < 4.78 is 16.6. The van der Waals surface area contributed by atoms with E-state index in [0.29, 0.717) is 19.3 Å². The first-order chi connectivity index (χ1) is 25.4. The predicted octanol–water partition coefficient (Wildman–Crippen LogP) is 14.3. The summed E-state index contributed by atoms with van der Waals surface area (Å²) in [6.07, 6.45) is 39.9. The maximum Gasteiger partial charge on any atom is 0.306 e. The molecule has 0 amide bonds. The number of unbranched alkanes of at least 4 members (excludes halogenated alkanes) is 27. The zero-order valence-electron chi connectivity index (χ0n) is 35.3. The molecule has 0 rings (SSSR count). The number of rotatable bonds is 41. The number of hydrogen-bond acceptors (Lipinski definition) is 6. The highest BCUT2D eigenvalue weighted by atomic mass is 16.6. The van der Waals surface area contributed by atoms with E-state index in [2.05, 4.69) is 27.7 Å². The van der Waals surface area contributed by atoms with Gasteiger partial charge in [0.25, 0.3) is 0 Å². The van der Waals surface area contributed by atoms with Gasteiger partial charge >= 0.3 is 17.9 Å². The maximum absolute atomic E-state index is 12.6. The third-order valence-corrected chi connectivity index (χ3v) is 10.7. The third kappa shape index (κ3) is 38.1. The second-order valence-electron chi connectivity index (χ2n) is 15.9. The standard InChI is InChI=1S/C46H88O6/c1-5-8-10-12-13-14-15-16-17-18-19-20-21-22-23-24-25-30-34-38-45(48)51-41-43(40-50-44(47)37-33-28-11-9-6-2)52-46(49)39-35-31-27-26-29-32-36-42(4)7-3/h42-43H,5-41H2,1-4H3/t42?,43-/m1/s1. The first kappa shape index (κ1) is 50.4. The largest absolute Gasteiger partial charge is 0.462 e. The normalized spacial score (nSPS) is 12.5. The van der Waals surface area contributed by atoms with Gasteiger partial charge in [0.2, 0.25) is 0 Å². The zero-order chi connectivity index (χ0) is 38.2. The Balaban J connectivity index is 4.10. The molecule has 308 valence electrons. The van der Waals surface area contributed by atoms with Crippen LogP contribution in [0.3, 0.4) is 0 Å². The van der Waals surface area contributed by atoms with Crippen molar-refractivity contribution in [2.45, 2.75) is 259 Å². The van der Waals surface area contributed by atoms with E-state index >= 15 is 0 Å². The number of ether oxygens (including phenoxy) is 3. The van der Waals surface area contributed by atoms with Gasteiger partial charge in [-0.3, -0.25) is 14.4 Å². The van der Waals surface area contributed by atoms with Crippen molar-refractivity contribution >= 4 is 17.9 Å². The van der Waals surface area contributed by atoms with Crippen LogP contribution in [0.15, 0.2) is 0 Å². The smallest absolute Gasteiger partial charge is 0.306 e. The van der Waals surface area contributed by atoms with E-state index in [4.69, 9.17) is 14.2 Å². The van der Waals surface area contributed by atoms with E-state index in [1.54, 1.807) is 0 Å². The highest BCUT2D eigenvalue weighted by Gasteiger charge is 2.19.